The van der Waals surface area contributed by atoms with E-state index >= 15 is 0 Å². The van der Waals surface area contributed by atoms with Crippen LogP contribution in [-0.4, -0.2) is 52.0 Å². The van der Waals surface area contributed by atoms with E-state index < -0.39 is 0 Å². The lowest BCUT2D eigenvalue weighted by molar-refractivity contribution is 0.0737. The Morgan fingerprint density at radius 2 is 2.35 bits per heavy atom. The third-order valence-electron chi connectivity index (χ3n) is 3.89. The zero-order valence-electron chi connectivity index (χ0n) is 12.8. The molecule has 1 N–H and O–H groups in total. The molecule has 1 saturated heterocycles. The van der Waals surface area contributed by atoms with Crippen molar-refractivity contribution >= 4 is 18.3 Å². The van der Waals surface area contributed by atoms with E-state index in [0.717, 1.165) is 25.1 Å². The molecule has 2 aromatic rings. The second-order valence-corrected chi connectivity index (χ2v) is 5.49. The molecule has 6 nitrogen and oxygen atoms in total. The van der Waals surface area contributed by atoms with Gasteiger partial charge in [0.1, 0.15) is 5.82 Å². The molecule has 1 aliphatic heterocycles. The van der Waals surface area contributed by atoms with Gasteiger partial charge in [-0.3, -0.25) is 4.79 Å². The molecule has 1 aromatic heterocycles. The van der Waals surface area contributed by atoms with Gasteiger partial charge in [0, 0.05) is 19.6 Å². The van der Waals surface area contributed by atoms with Gasteiger partial charge in [0.2, 0.25) is 0 Å². The molecule has 1 aliphatic rings. The highest BCUT2D eigenvalue weighted by Crippen LogP contribution is 2.11. The first-order valence-corrected chi connectivity index (χ1v) is 7.26. The van der Waals surface area contributed by atoms with Crippen LogP contribution in [0.4, 0.5) is 4.39 Å². The molecule has 23 heavy (non-hydrogen) atoms. The molecule has 124 valence electrons. The number of benzene rings is 1. The third kappa shape index (κ3) is 4.05. The highest BCUT2D eigenvalue weighted by molar-refractivity contribution is 5.92. The van der Waals surface area contributed by atoms with Crippen LogP contribution in [0.5, 0.6) is 0 Å². The van der Waals surface area contributed by atoms with Crippen molar-refractivity contribution in [2.75, 3.05) is 20.1 Å². The first-order valence-electron chi connectivity index (χ1n) is 7.26. The molecular weight excluding hydrogens is 321 g/mol. The van der Waals surface area contributed by atoms with E-state index in [-0.39, 0.29) is 30.2 Å². The number of likely N-dealkylation sites (N-methyl/N-ethyl adjacent to an activating group) is 1. The normalized spacial score (nSPS) is 16.9. The third-order valence-corrected chi connectivity index (χ3v) is 3.89. The monoisotopic (exact) mass is 339 g/mol. The molecule has 1 atom stereocenters. The number of rotatable bonds is 4. The van der Waals surface area contributed by atoms with Gasteiger partial charge in [-0.25, -0.2) is 9.07 Å². The van der Waals surface area contributed by atoms with E-state index in [2.05, 4.69) is 15.6 Å². The SMILES string of the molecule is CN(C(=O)c1cn(Cc2cccc(F)c2)nn1)C1CCNC1.Cl. The molecule has 0 spiro atoms. The maximum atomic E-state index is 13.2. The molecule has 1 amide bonds. The average molecular weight is 340 g/mol. The van der Waals surface area contributed by atoms with Crippen molar-refractivity contribution in [1.29, 1.82) is 0 Å². The number of amides is 1. The Labute approximate surface area is 140 Å². The lowest BCUT2D eigenvalue weighted by Gasteiger charge is -2.22. The summed E-state index contributed by atoms with van der Waals surface area (Å²) in [6.45, 7) is 2.11. The Bertz CT molecular complexity index is 671. The van der Waals surface area contributed by atoms with Crippen LogP contribution in [0.25, 0.3) is 0 Å². The van der Waals surface area contributed by atoms with E-state index in [1.807, 2.05) is 6.07 Å². The molecule has 0 bridgehead atoms. The predicted octanol–water partition coefficient (Wildman–Crippen LogP) is 1.32. The van der Waals surface area contributed by atoms with Crippen molar-refractivity contribution in [2.24, 2.45) is 0 Å². The lowest BCUT2D eigenvalue weighted by Crippen LogP contribution is -2.38. The summed E-state index contributed by atoms with van der Waals surface area (Å²) in [5, 5.41) is 11.1. The van der Waals surface area contributed by atoms with Gasteiger partial charge < -0.3 is 10.2 Å². The molecule has 0 aliphatic carbocycles. The van der Waals surface area contributed by atoms with Crippen LogP contribution >= 0.6 is 12.4 Å². The second-order valence-electron chi connectivity index (χ2n) is 5.49. The summed E-state index contributed by atoms with van der Waals surface area (Å²) in [4.78, 5) is 14.1. The van der Waals surface area contributed by atoms with Gasteiger partial charge >= 0.3 is 0 Å². The summed E-state index contributed by atoms with van der Waals surface area (Å²) in [5.41, 5.74) is 1.09. The molecule has 0 saturated carbocycles. The van der Waals surface area contributed by atoms with E-state index in [9.17, 15) is 9.18 Å². The van der Waals surface area contributed by atoms with Crippen LogP contribution in [-0.2, 0) is 6.54 Å². The number of hydrogen-bond donors (Lipinski definition) is 1. The van der Waals surface area contributed by atoms with Gasteiger partial charge in [-0.1, -0.05) is 17.3 Å². The summed E-state index contributed by atoms with van der Waals surface area (Å²) in [6.07, 6.45) is 2.55. The van der Waals surface area contributed by atoms with E-state index in [0.29, 0.717) is 12.2 Å². The van der Waals surface area contributed by atoms with Crippen molar-refractivity contribution in [3.63, 3.8) is 0 Å². The summed E-state index contributed by atoms with van der Waals surface area (Å²) in [7, 11) is 1.78. The van der Waals surface area contributed by atoms with Gasteiger partial charge in [0.25, 0.3) is 5.91 Å². The molecule has 1 unspecified atom stereocenters. The smallest absolute Gasteiger partial charge is 0.276 e. The van der Waals surface area contributed by atoms with Gasteiger partial charge in [-0.2, -0.15) is 0 Å². The summed E-state index contributed by atoms with van der Waals surface area (Å²) >= 11 is 0. The van der Waals surface area contributed by atoms with E-state index in [1.165, 1.54) is 12.1 Å². The van der Waals surface area contributed by atoms with Crippen LogP contribution in [0.3, 0.4) is 0 Å². The van der Waals surface area contributed by atoms with Gasteiger partial charge in [0.05, 0.1) is 12.7 Å². The molecule has 0 radical (unpaired) electrons. The van der Waals surface area contributed by atoms with Crippen LogP contribution in [0, 0.1) is 5.82 Å². The number of halogens is 2. The number of nitrogens with one attached hydrogen (secondary N) is 1. The van der Waals surface area contributed by atoms with Gasteiger partial charge in [-0.15, -0.1) is 17.5 Å². The number of nitrogens with zero attached hydrogens (tertiary/aromatic N) is 4. The van der Waals surface area contributed by atoms with Crippen molar-refractivity contribution in [3.8, 4) is 0 Å². The first-order chi connectivity index (χ1) is 10.6. The molecular formula is C15H19ClFN5O. The molecule has 1 aromatic carbocycles. The number of carbonyl (C=O) groups is 1. The minimum atomic E-state index is -0.289. The van der Waals surface area contributed by atoms with E-state index in [1.54, 1.807) is 28.9 Å². The molecule has 1 fully saturated rings. The molecule has 8 heteroatoms. The van der Waals surface area contributed by atoms with Crippen molar-refractivity contribution in [1.82, 2.24) is 25.2 Å². The van der Waals surface area contributed by atoms with Crippen molar-refractivity contribution < 1.29 is 9.18 Å². The van der Waals surface area contributed by atoms with Gasteiger partial charge in [0.15, 0.2) is 5.69 Å². The fourth-order valence-corrected chi connectivity index (χ4v) is 2.61. The summed E-state index contributed by atoms with van der Waals surface area (Å²) < 4.78 is 14.7. The van der Waals surface area contributed by atoms with Crippen LogP contribution < -0.4 is 5.32 Å². The fraction of sp³-hybridized carbons (Fsp3) is 0.400. The fourth-order valence-electron chi connectivity index (χ4n) is 2.61. The Morgan fingerprint density at radius 3 is 3.04 bits per heavy atom. The van der Waals surface area contributed by atoms with Gasteiger partial charge in [-0.05, 0) is 30.7 Å². The van der Waals surface area contributed by atoms with Crippen LogP contribution in [0.1, 0.15) is 22.5 Å². The largest absolute Gasteiger partial charge is 0.336 e. The minimum Gasteiger partial charge on any atom is -0.336 e. The minimum absolute atomic E-state index is 0. The Hall–Kier alpha value is -1.99. The van der Waals surface area contributed by atoms with Crippen molar-refractivity contribution in [3.05, 3.63) is 47.5 Å². The van der Waals surface area contributed by atoms with Crippen LogP contribution in [0.15, 0.2) is 30.5 Å². The van der Waals surface area contributed by atoms with E-state index in [4.69, 9.17) is 0 Å². The first kappa shape index (κ1) is 17.4. The number of hydrogen-bond acceptors (Lipinski definition) is 4. The predicted molar refractivity (Wildman–Crippen MR) is 86.1 cm³/mol. The molecule has 2 heterocycles. The Kier molecular flexibility index (Phi) is 5.68. The Balaban J connectivity index is 0.00000192. The molecule has 3 rings (SSSR count). The highest BCUT2D eigenvalue weighted by Gasteiger charge is 2.25. The van der Waals surface area contributed by atoms with Crippen molar-refractivity contribution in [2.45, 2.75) is 19.0 Å². The summed E-state index contributed by atoms with van der Waals surface area (Å²) in [6, 6.07) is 6.49. The number of aromatic nitrogens is 3. The topological polar surface area (TPSA) is 63.1 Å². The second kappa shape index (κ2) is 7.52. The zero-order chi connectivity index (χ0) is 15.5. The summed E-state index contributed by atoms with van der Waals surface area (Å²) in [5.74, 6) is -0.429. The zero-order valence-corrected chi connectivity index (χ0v) is 13.6. The highest BCUT2D eigenvalue weighted by atomic mass is 35.5. The maximum absolute atomic E-state index is 13.2. The lowest BCUT2D eigenvalue weighted by atomic mass is 10.2. The quantitative estimate of drug-likeness (QED) is 0.912. The Morgan fingerprint density at radius 1 is 1.52 bits per heavy atom. The van der Waals surface area contributed by atoms with Crippen LogP contribution in [0.2, 0.25) is 0 Å². The standard InChI is InChI=1S/C15H18FN5O.ClH/c1-20(13-5-6-17-8-13)15(22)14-10-21(19-18-14)9-11-3-2-4-12(16)7-11;/h2-4,7,10,13,17H,5-6,8-9H2,1H3;1H. The number of carbonyl (C=O) groups excluding carboxylic acids is 1. The average Bonchev–Trinajstić information content (AvgIpc) is 3.17. The maximum Gasteiger partial charge on any atom is 0.276 e.